The average molecular weight is 567 g/mol. The SMILES string of the molecule is CCCOc1cc(C)ccc1CNC(=NC)NCc1ccc(N2CCN(CC)CC2)nc1.I. The highest BCUT2D eigenvalue weighted by atomic mass is 127. The lowest BCUT2D eigenvalue weighted by Crippen LogP contribution is -2.46. The van der Waals surface area contributed by atoms with Crippen molar-refractivity contribution in [1.82, 2.24) is 20.5 Å². The molecule has 7 nitrogen and oxygen atoms in total. The summed E-state index contributed by atoms with van der Waals surface area (Å²) in [5.74, 6) is 2.76. The zero-order valence-electron chi connectivity index (χ0n) is 20.4. The third-order valence-corrected chi connectivity index (χ3v) is 5.77. The maximum Gasteiger partial charge on any atom is 0.191 e. The average Bonchev–Trinajstić information content (AvgIpc) is 2.84. The van der Waals surface area contributed by atoms with Gasteiger partial charge in [-0.2, -0.15) is 0 Å². The topological polar surface area (TPSA) is 65.0 Å². The molecule has 1 aliphatic rings. The molecule has 33 heavy (non-hydrogen) atoms. The molecule has 1 aromatic heterocycles. The fraction of sp³-hybridized carbons (Fsp3) is 0.520. The number of nitrogens with one attached hydrogen (secondary N) is 2. The summed E-state index contributed by atoms with van der Waals surface area (Å²) in [7, 11) is 1.79. The molecule has 0 radical (unpaired) electrons. The molecular weight excluding hydrogens is 527 g/mol. The highest BCUT2D eigenvalue weighted by molar-refractivity contribution is 14.0. The number of likely N-dealkylation sites (N-methyl/N-ethyl adjacent to an activating group) is 1. The van der Waals surface area contributed by atoms with Gasteiger partial charge >= 0.3 is 0 Å². The van der Waals surface area contributed by atoms with E-state index >= 15 is 0 Å². The predicted octanol–water partition coefficient (Wildman–Crippen LogP) is 3.80. The Morgan fingerprint density at radius 2 is 1.82 bits per heavy atom. The van der Waals surface area contributed by atoms with Crippen LogP contribution in [0.25, 0.3) is 0 Å². The van der Waals surface area contributed by atoms with Crippen molar-refractivity contribution in [3.8, 4) is 5.75 Å². The molecule has 0 spiro atoms. The van der Waals surface area contributed by atoms with Crippen molar-refractivity contribution >= 4 is 35.8 Å². The van der Waals surface area contributed by atoms with E-state index in [4.69, 9.17) is 4.74 Å². The number of nitrogens with zero attached hydrogens (tertiary/aromatic N) is 4. The van der Waals surface area contributed by atoms with Gasteiger partial charge in [0, 0.05) is 58.1 Å². The van der Waals surface area contributed by atoms with Gasteiger partial charge in [-0.1, -0.05) is 32.0 Å². The standard InChI is InChI=1S/C25H38N6O.HI/c1-5-15-32-23-16-20(3)7-9-22(23)19-29-25(26-4)28-18-21-8-10-24(27-17-21)31-13-11-30(6-2)12-14-31;/h7-10,16-17H,5-6,11-15,18-19H2,1-4H3,(H2,26,28,29);1H. The smallest absolute Gasteiger partial charge is 0.191 e. The van der Waals surface area contributed by atoms with Crippen molar-refractivity contribution in [2.45, 2.75) is 40.3 Å². The molecule has 0 bridgehead atoms. The Bertz CT molecular complexity index is 866. The number of aryl methyl sites for hydroxylation is 1. The molecule has 2 aromatic rings. The van der Waals surface area contributed by atoms with Gasteiger partial charge < -0.3 is 25.2 Å². The van der Waals surface area contributed by atoms with Crippen LogP contribution in [0.15, 0.2) is 41.5 Å². The molecule has 0 amide bonds. The molecule has 3 rings (SSSR count). The van der Waals surface area contributed by atoms with E-state index in [0.717, 1.165) is 74.4 Å². The number of aromatic nitrogens is 1. The molecule has 2 heterocycles. The minimum atomic E-state index is 0. The lowest BCUT2D eigenvalue weighted by Gasteiger charge is -2.34. The van der Waals surface area contributed by atoms with Gasteiger partial charge in [-0.25, -0.2) is 4.98 Å². The van der Waals surface area contributed by atoms with Crippen LogP contribution in [-0.4, -0.2) is 62.2 Å². The number of hydrogen-bond donors (Lipinski definition) is 2. The first kappa shape index (κ1) is 27.2. The molecule has 1 aromatic carbocycles. The monoisotopic (exact) mass is 566 g/mol. The maximum absolute atomic E-state index is 5.92. The molecule has 0 unspecified atom stereocenters. The van der Waals surface area contributed by atoms with Crippen LogP contribution in [0.2, 0.25) is 0 Å². The Morgan fingerprint density at radius 3 is 2.45 bits per heavy atom. The van der Waals surface area contributed by atoms with Crippen LogP contribution in [0.5, 0.6) is 5.75 Å². The number of guanidine groups is 1. The first-order valence-electron chi connectivity index (χ1n) is 11.7. The quantitative estimate of drug-likeness (QED) is 0.274. The van der Waals surface area contributed by atoms with Crippen LogP contribution in [0.4, 0.5) is 5.82 Å². The van der Waals surface area contributed by atoms with Crippen LogP contribution in [-0.2, 0) is 13.1 Å². The van der Waals surface area contributed by atoms with Crippen molar-refractivity contribution in [2.75, 3.05) is 51.3 Å². The van der Waals surface area contributed by atoms with Crippen LogP contribution < -0.4 is 20.3 Å². The van der Waals surface area contributed by atoms with Crippen LogP contribution in [0, 0.1) is 6.92 Å². The third kappa shape index (κ3) is 8.33. The van der Waals surface area contributed by atoms with Gasteiger partial charge in [0.2, 0.25) is 0 Å². The van der Waals surface area contributed by atoms with E-state index < -0.39 is 0 Å². The van der Waals surface area contributed by atoms with Gasteiger partial charge in [-0.3, -0.25) is 4.99 Å². The summed E-state index contributed by atoms with van der Waals surface area (Å²) >= 11 is 0. The molecule has 0 aliphatic carbocycles. The summed E-state index contributed by atoms with van der Waals surface area (Å²) in [6.07, 6.45) is 2.95. The minimum Gasteiger partial charge on any atom is -0.493 e. The largest absolute Gasteiger partial charge is 0.493 e. The zero-order valence-corrected chi connectivity index (χ0v) is 22.8. The van der Waals surface area contributed by atoms with E-state index in [1.54, 1.807) is 7.05 Å². The van der Waals surface area contributed by atoms with Gasteiger partial charge in [-0.05, 0) is 43.1 Å². The van der Waals surface area contributed by atoms with Gasteiger partial charge in [0.25, 0.3) is 0 Å². The molecule has 1 fully saturated rings. The number of piperazine rings is 1. The first-order valence-corrected chi connectivity index (χ1v) is 11.7. The summed E-state index contributed by atoms with van der Waals surface area (Å²) in [4.78, 5) is 13.9. The molecule has 182 valence electrons. The molecule has 0 atom stereocenters. The number of pyridine rings is 1. The van der Waals surface area contributed by atoms with Crippen molar-refractivity contribution in [2.24, 2.45) is 4.99 Å². The van der Waals surface area contributed by atoms with Gasteiger partial charge in [0.15, 0.2) is 5.96 Å². The molecule has 2 N–H and O–H groups in total. The van der Waals surface area contributed by atoms with E-state index in [-0.39, 0.29) is 24.0 Å². The predicted molar refractivity (Wildman–Crippen MR) is 148 cm³/mol. The number of anilines is 1. The third-order valence-electron chi connectivity index (χ3n) is 5.77. The van der Waals surface area contributed by atoms with Gasteiger partial charge in [0.05, 0.1) is 6.61 Å². The number of aliphatic imine (C=N–C) groups is 1. The molecule has 1 aliphatic heterocycles. The Hall–Kier alpha value is -2.07. The summed E-state index contributed by atoms with van der Waals surface area (Å²) in [5.41, 5.74) is 3.46. The Labute approximate surface area is 216 Å². The molecule has 0 saturated carbocycles. The lowest BCUT2D eigenvalue weighted by molar-refractivity contribution is 0.270. The minimum absolute atomic E-state index is 0. The first-order chi connectivity index (χ1) is 15.6. The lowest BCUT2D eigenvalue weighted by atomic mass is 10.1. The number of ether oxygens (including phenoxy) is 1. The van der Waals surface area contributed by atoms with Crippen molar-refractivity contribution in [3.05, 3.63) is 53.2 Å². The van der Waals surface area contributed by atoms with E-state index in [1.165, 1.54) is 5.56 Å². The van der Waals surface area contributed by atoms with Crippen LogP contribution >= 0.6 is 24.0 Å². The second-order valence-electron chi connectivity index (χ2n) is 8.18. The molecular formula is C25H39IN6O. The van der Waals surface area contributed by atoms with E-state index in [9.17, 15) is 0 Å². The molecule has 8 heteroatoms. The number of benzene rings is 1. The fourth-order valence-electron chi connectivity index (χ4n) is 3.74. The Morgan fingerprint density at radius 1 is 1.06 bits per heavy atom. The van der Waals surface area contributed by atoms with E-state index in [0.29, 0.717) is 13.1 Å². The van der Waals surface area contributed by atoms with Crippen molar-refractivity contribution in [1.29, 1.82) is 0 Å². The Kier molecular flexibility index (Phi) is 11.7. The van der Waals surface area contributed by atoms with Crippen LogP contribution in [0.3, 0.4) is 0 Å². The van der Waals surface area contributed by atoms with Crippen molar-refractivity contribution < 1.29 is 4.74 Å². The highest BCUT2D eigenvalue weighted by Crippen LogP contribution is 2.20. The normalized spacial score (nSPS) is 14.5. The number of halogens is 1. The van der Waals surface area contributed by atoms with Crippen LogP contribution in [0.1, 0.15) is 37.0 Å². The number of rotatable bonds is 9. The second kappa shape index (κ2) is 14.2. The maximum atomic E-state index is 5.92. The second-order valence-corrected chi connectivity index (χ2v) is 8.18. The Balaban J connectivity index is 0.00000385. The van der Waals surface area contributed by atoms with Gasteiger partial charge in [-0.15, -0.1) is 24.0 Å². The summed E-state index contributed by atoms with van der Waals surface area (Å²) in [6.45, 7) is 13.9. The van der Waals surface area contributed by atoms with Gasteiger partial charge in [0.1, 0.15) is 11.6 Å². The molecule has 1 saturated heterocycles. The summed E-state index contributed by atoms with van der Waals surface area (Å²) in [5, 5.41) is 6.77. The zero-order chi connectivity index (χ0) is 22.8. The van der Waals surface area contributed by atoms with E-state index in [1.807, 2.05) is 6.20 Å². The number of hydrogen-bond acceptors (Lipinski definition) is 5. The summed E-state index contributed by atoms with van der Waals surface area (Å²) in [6, 6.07) is 10.6. The van der Waals surface area contributed by atoms with E-state index in [2.05, 4.69) is 81.5 Å². The fourth-order valence-corrected chi connectivity index (χ4v) is 3.74. The summed E-state index contributed by atoms with van der Waals surface area (Å²) < 4.78 is 5.92. The highest BCUT2D eigenvalue weighted by Gasteiger charge is 2.16. The van der Waals surface area contributed by atoms with Crippen molar-refractivity contribution in [3.63, 3.8) is 0 Å².